The van der Waals surface area contributed by atoms with Crippen LogP contribution in [0.2, 0.25) is 0 Å². The summed E-state index contributed by atoms with van der Waals surface area (Å²) in [5.74, 6) is 0.347. The summed E-state index contributed by atoms with van der Waals surface area (Å²) in [6, 6.07) is 7.01. The molecule has 0 radical (unpaired) electrons. The van der Waals surface area contributed by atoms with E-state index in [-0.39, 0.29) is 11.6 Å². The van der Waals surface area contributed by atoms with Crippen LogP contribution in [0.3, 0.4) is 0 Å². The van der Waals surface area contributed by atoms with Crippen molar-refractivity contribution >= 4 is 11.7 Å². The number of pyridine rings is 1. The second kappa shape index (κ2) is 6.98. The van der Waals surface area contributed by atoms with Crippen LogP contribution in [0.15, 0.2) is 49.3 Å². The van der Waals surface area contributed by atoms with Gasteiger partial charge in [-0.1, -0.05) is 6.08 Å². The van der Waals surface area contributed by atoms with Crippen molar-refractivity contribution in [1.29, 1.82) is 0 Å². The molecule has 0 bridgehead atoms. The first kappa shape index (κ1) is 13.7. The largest absolute Gasteiger partial charge is 0.365 e. The molecule has 0 atom stereocenters. The Morgan fingerprint density at radius 2 is 2.00 bits per heavy atom. The van der Waals surface area contributed by atoms with Crippen molar-refractivity contribution in [3.63, 3.8) is 0 Å². The van der Waals surface area contributed by atoms with E-state index in [4.69, 9.17) is 0 Å². The van der Waals surface area contributed by atoms with Gasteiger partial charge in [-0.25, -0.2) is 0 Å². The molecule has 0 saturated carbocycles. The maximum absolute atomic E-state index is 11.9. The highest BCUT2D eigenvalue weighted by Crippen LogP contribution is 2.02. The molecular weight excluding hydrogens is 254 g/mol. The molecule has 2 aromatic heterocycles. The van der Waals surface area contributed by atoms with E-state index in [1.54, 1.807) is 30.6 Å². The van der Waals surface area contributed by atoms with Crippen LogP contribution in [0.4, 0.5) is 5.82 Å². The first-order valence-corrected chi connectivity index (χ1v) is 6.15. The normalized spacial score (nSPS) is 9.80. The molecule has 0 fully saturated rings. The molecule has 0 aromatic carbocycles. The van der Waals surface area contributed by atoms with Crippen molar-refractivity contribution < 1.29 is 4.79 Å². The lowest BCUT2D eigenvalue weighted by molar-refractivity contribution is 0.0945. The number of hydrogen-bond acceptors (Lipinski definition) is 5. The number of nitrogens with zero attached hydrogens (tertiary/aromatic N) is 3. The Hall–Kier alpha value is -2.76. The van der Waals surface area contributed by atoms with Crippen molar-refractivity contribution in [3.8, 4) is 0 Å². The number of amides is 1. The zero-order valence-electron chi connectivity index (χ0n) is 10.9. The minimum absolute atomic E-state index is 0.260. The number of hydrogen-bond donors (Lipinski definition) is 2. The van der Waals surface area contributed by atoms with Gasteiger partial charge in [0, 0.05) is 25.5 Å². The molecule has 2 aromatic rings. The summed E-state index contributed by atoms with van der Waals surface area (Å²) in [7, 11) is 0. The van der Waals surface area contributed by atoms with Gasteiger partial charge in [-0.3, -0.25) is 9.78 Å². The summed E-state index contributed by atoms with van der Waals surface area (Å²) in [6.07, 6.45) is 5.08. The lowest BCUT2D eigenvalue weighted by Crippen LogP contribution is -2.24. The van der Waals surface area contributed by atoms with Crippen LogP contribution in [0.1, 0.15) is 16.1 Å². The summed E-state index contributed by atoms with van der Waals surface area (Å²) in [5, 5.41) is 13.5. The van der Waals surface area contributed by atoms with E-state index in [1.807, 2.05) is 12.1 Å². The van der Waals surface area contributed by atoms with Crippen LogP contribution in [0.25, 0.3) is 0 Å². The summed E-state index contributed by atoms with van der Waals surface area (Å²) in [5.41, 5.74) is 1.26. The average molecular weight is 269 g/mol. The van der Waals surface area contributed by atoms with Crippen molar-refractivity contribution in [2.75, 3.05) is 11.9 Å². The second-order valence-corrected chi connectivity index (χ2v) is 4.01. The van der Waals surface area contributed by atoms with Crippen LogP contribution in [0, 0.1) is 0 Å². The molecular formula is C14H15N5O. The van der Waals surface area contributed by atoms with Gasteiger partial charge in [0.25, 0.3) is 5.91 Å². The van der Waals surface area contributed by atoms with Crippen LogP contribution in [-0.2, 0) is 6.54 Å². The summed E-state index contributed by atoms with van der Waals surface area (Å²) < 4.78 is 0. The average Bonchev–Trinajstić information content (AvgIpc) is 2.52. The summed E-state index contributed by atoms with van der Waals surface area (Å²) in [6.45, 7) is 4.62. The fourth-order valence-corrected chi connectivity index (χ4v) is 1.50. The molecule has 0 aliphatic heterocycles. The summed E-state index contributed by atoms with van der Waals surface area (Å²) >= 11 is 0. The van der Waals surface area contributed by atoms with E-state index >= 15 is 0 Å². The van der Waals surface area contributed by atoms with Gasteiger partial charge < -0.3 is 10.6 Å². The highest BCUT2D eigenvalue weighted by atomic mass is 16.1. The zero-order valence-corrected chi connectivity index (χ0v) is 10.9. The van der Waals surface area contributed by atoms with E-state index < -0.39 is 0 Å². The van der Waals surface area contributed by atoms with Gasteiger partial charge in [-0.15, -0.1) is 16.8 Å². The Bertz CT molecular complexity index is 568. The van der Waals surface area contributed by atoms with Gasteiger partial charge in [0.15, 0.2) is 5.69 Å². The predicted molar refractivity (Wildman–Crippen MR) is 76.1 cm³/mol. The maximum atomic E-state index is 11.9. The molecule has 6 nitrogen and oxygen atoms in total. The smallest absolute Gasteiger partial charge is 0.272 e. The molecule has 20 heavy (non-hydrogen) atoms. The van der Waals surface area contributed by atoms with Crippen LogP contribution >= 0.6 is 0 Å². The SMILES string of the molecule is C=CCNc1ccc(C(=O)NCc2ccncc2)nn1. The highest BCUT2D eigenvalue weighted by Gasteiger charge is 2.07. The second-order valence-electron chi connectivity index (χ2n) is 4.01. The van der Waals surface area contributed by atoms with Crippen LogP contribution in [-0.4, -0.2) is 27.6 Å². The number of rotatable bonds is 6. The van der Waals surface area contributed by atoms with Gasteiger partial charge in [-0.05, 0) is 29.8 Å². The van der Waals surface area contributed by atoms with Crippen molar-refractivity contribution in [1.82, 2.24) is 20.5 Å². The monoisotopic (exact) mass is 269 g/mol. The van der Waals surface area contributed by atoms with Crippen molar-refractivity contribution in [2.45, 2.75) is 6.54 Å². The van der Waals surface area contributed by atoms with Gasteiger partial charge in [0.1, 0.15) is 5.82 Å². The van der Waals surface area contributed by atoms with Crippen LogP contribution < -0.4 is 10.6 Å². The van der Waals surface area contributed by atoms with Crippen molar-refractivity contribution in [2.24, 2.45) is 0 Å². The van der Waals surface area contributed by atoms with Crippen LogP contribution in [0.5, 0.6) is 0 Å². The number of anilines is 1. The van der Waals surface area contributed by atoms with E-state index in [2.05, 4.69) is 32.4 Å². The number of nitrogens with one attached hydrogen (secondary N) is 2. The fraction of sp³-hybridized carbons (Fsp3) is 0.143. The molecule has 2 rings (SSSR count). The zero-order chi connectivity index (χ0) is 14.2. The fourth-order valence-electron chi connectivity index (χ4n) is 1.50. The highest BCUT2D eigenvalue weighted by molar-refractivity contribution is 5.92. The third-order valence-electron chi connectivity index (χ3n) is 2.53. The summed E-state index contributed by atoms with van der Waals surface area (Å²) in [4.78, 5) is 15.8. The van der Waals surface area contributed by atoms with E-state index in [1.165, 1.54) is 0 Å². The maximum Gasteiger partial charge on any atom is 0.272 e. The lowest BCUT2D eigenvalue weighted by atomic mass is 10.2. The van der Waals surface area contributed by atoms with Gasteiger partial charge in [0.2, 0.25) is 0 Å². The molecule has 2 heterocycles. The molecule has 2 N–H and O–H groups in total. The quantitative estimate of drug-likeness (QED) is 0.775. The predicted octanol–water partition coefficient (Wildman–Crippen LogP) is 1.40. The van der Waals surface area contributed by atoms with E-state index in [9.17, 15) is 4.79 Å². The first-order chi connectivity index (χ1) is 9.79. The van der Waals surface area contributed by atoms with Gasteiger partial charge in [-0.2, -0.15) is 0 Å². The molecule has 0 unspecified atom stereocenters. The first-order valence-electron chi connectivity index (χ1n) is 6.15. The molecule has 0 aliphatic rings. The molecule has 102 valence electrons. The molecule has 1 amide bonds. The minimum atomic E-state index is -0.260. The Balaban J connectivity index is 1.90. The Morgan fingerprint density at radius 1 is 1.20 bits per heavy atom. The Kier molecular flexibility index (Phi) is 4.77. The van der Waals surface area contributed by atoms with E-state index in [0.29, 0.717) is 18.9 Å². The number of aromatic nitrogens is 3. The van der Waals surface area contributed by atoms with Crippen molar-refractivity contribution in [3.05, 3.63) is 60.6 Å². The minimum Gasteiger partial charge on any atom is -0.365 e. The topological polar surface area (TPSA) is 79.8 Å². The number of carbonyl (C=O) groups is 1. The third-order valence-corrected chi connectivity index (χ3v) is 2.53. The molecule has 6 heteroatoms. The van der Waals surface area contributed by atoms with Gasteiger partial charge in [0.05, 0.1) is 0 Å². The molecule has 0 saturated heterocycles. The Labute approximate surface area is 117 Å². The third kappa shape index (κ3) is 3.88. The Morgan fingerprint density at radius 3 is 2.65 bits per heavy atom. The lowest BCUT2D eigenvalue weighted by Gasteiger charge is -2.05. The number of carbonyl (C=O) groups excluding carboxylic acids is 1. The molecule has 0 aliphatic carbocycles. The molecule has 0 spiro atoms. The van der Waals surface area contributed by atoms with E-state index in [0.717, 1.165) is 5.56 Å². The van der Waals surface area contributed by atoms with Gasteiger partial charge >= 0.3 is 0 Å². The standard InChI is InChI=1S/C14H15N5O/c1-2-7-16-13-4-3-12(18-19-13)14(20)17-10-11-5-8-15-9-6-11/h2-6,8-9H,1,7,10H2,(H,16,19)(H,17,20).